The predicted molar refractivity (Wildman–Crippen MR) is 74.7 cm³/mol. The molecule has 1 aliphatic heterocycles. The third-order valence-corrected chi connectivity index (χ3v) is 3.52. The Hall–Kier alpha value is -1.55. The van der Waals surface area contributed by atoms with E-state index in [9.17, 15) is 4.79 Å². The van der Waals surface area contributed by atoms with Crippen LogP contribution in [-0.4, -0.2) is 28.3 Å². The molecule has 0 aliphatic carbocycles. The fraction of sp³-hybridized carbons (Fsp3) is 0.533. The van der Waals surface area contributed by atoms with Crippen molar-refractivity contribution in [2.24, 2.45) is 0 Å². The van der Waals surface area contributed by atoms with E-state index < -0.39 is 5.97 Å². The van der Waals surface area contributed by atoms with Crippen molar-refractivity contribution >= 4 is 11.7 Å². The van der Waals surface area contributed by atoms with Gasteiger partial charge < -0.3 is 15.2 Å². The number of benzene rings is 1. The molecule has 4 nitrogen and oxygen atoms in total. The van der Waals surface area contributed by atoms with E-state index in [1.54, 1.807) is 18.2 Å². The highest BCUT2D eigenvalue weighted by Gasteiger charge is 2.45. The molecule has 0 bridgehead atoms. The summed E-state index contributed by atoms with van der Waals surface area (Å²) in [4.78, 5) is 11.0. The molecule has 0 radical (unpaired) electrons. The number of hydrogen-bond acceptors (Lipinski definition) is 3. The maximum absolute atomic E-state index is 11.0. The molecule has 1 saturated heterocycles. The minimum Gasteiger partial charge on any atom is -0.478 e. The summed E-state index contributed by atoms with van der Waals surface area (Å²) in [7, 11) is 0. The Bertz CT molecular complexity index is 494. The lowest BCUT2D eigenvalue weighted by atomic mass is 9.94. The van der Waals surface area contributed by atoms with Crippen LogP contribution < -0.4 is 5.32 Å². The summed E-state index contributed by atoms with van der Waals surface area (Å²) in [6, 6.07) is 7.04. The second-order valence-corrected chi connectivity index (χ2v) is 6.25. The van der Waals surface area contributed by atoms with Gasteiger partial charge in [0, 0.05) is 5.69 Å². The highest BCUT2D eigenvalue weighted by molar-refractivity contribution is 5.88. The lowest BCUT2D eigenvalue weighted by Gasteiger charge is -2.28. The number of nitrogens with one attached hydrogen (secondary N) is 1. The molecule has 1 fully saturated rings. The molecule has 1 heterocycles. The van der Waals surface area contributed by atoms with Crippen LogP contribution in [0.25, 0.3) is 0 Å². The Labute approximate surface area is 113 Å². The van der Waals surface area contributed by atoms with Crippen molar-refractivity contribution in [3.8, 4) is 0 Å². The van der Waals surface area contributed by atoms with Crippen LogP contribution in [-0.2, 0) is 4.74 Å². The zero-order valence-corrected chi connectivity index (χ0v) is 11.9. The van der Waals surface area contributed by atoms with E-state index in [0.29, 0.717) is 5.56 Å². The number of hydrogen-bond donors (Lipinski definition) is 2. The summed E-state index contributed by atoms with van der Waals surface area (Å²) in [5.41, 5.74) is 0.675. The Morgan fingerprint density at radius 1 is 1.37 bits per heavy atom. The Morgan fingerprint density at radius 3 is 2.58 bits per heavy atom. The first-order chi connectivity index (χ1) is 8.70. The molecule has 2 N–H and O–H groups in total. The summed E-state index contributed by atoms with van der Waals surface area (Å²) in [6.45, 7) is 8.26. The lowest BCUT2D eigenvalue weighted by Crippen LogP contribution is -2.38. The fourth-order valence-electron chi connectivity index (χ4n) is 2.73. The smallest absolute Gasteiger partial charge is 0.335 e. The molecule has 0 spiro atoms. The van der Waals surface area contributed by atoms with Crippen LogP contribution in [0.3, 0.4) is 0 Å². The van der Waals surface area contributed by atoms with Crippen LogP contribution in [0.5, 0.6) is 0 Å². The molecule has 1 aromatic carbocycles. The Balaban J connectivity index is 2.17. The maximum Gasteiger partial charge on any atom is 0.335 e. The van der Waals surface area contributed by atoms with Crippen LogP contribution in [0.1, 0.15) is 44.5 Å². The zero-order chi connectivity index (χ0) is 14.3. The summed E-state index contributed by atoms with van der Waals surface area (Å²) in [5, 5.41) is 12.4. The van der Waals surface area contributed by atoms with Gasteiger partial charge in [-0.15, -0.1) is 0 Å². The summed E-state index contributed by atoms with van der Waals surface area (Å²) >= 11 is 0. The predicted octanol–water partition coefficient (Wildman–Crippen LogP) is 3.14. The topological polar surface area (TPSA) is 58.6 Å². The molecule has 0 amide bonds. The van der Waals surface area contributed by atoms with Crippen molar-refractivity contribution in [3.05, 3.63) is 29.8 Å². The van der Waals surface area contributed by atoms with Gasteiger partial charge in [0.2, 0.25) is 0 Å². The average Bonchev–Trinajstić information content (AvgIpc) is 2.47. The van der Waals surface area contributed by atoms with Crippen molar-refractivity contribution in [3.63, 3.8) is 0 Å². The monoisotopic (exact) mass is 263 g/mol. The van der Waals surface area contributed by atoms with E-state index in [0.717, 1.165) is 12.1 Å². The van der Waals surface area contributed by atoms with Crippen molar-refractivity contribution < 1.29 is 14.6 Å². The molecule has 4 heteroatoms. The number of carboxylic acid groups (broad SMARTS) is 1. The molecular weight excluding hydrogens is 242 g/mol. The second-order valence-electron chi connectivity index (χ2n) is 6.25. The van der Waals surface area contributed by atoms with E-state index >= 15 is 0 Å². The minimum absolute atomic E-state index is 0.159. The standard InChI is InChI=1S/C15H21NO3/c1-14(2)9-12(15(3,4)19-14)16-11-7-5-6-10(8-11)13(17)18/h5-8,12,16H,9H2,1-4H3,(H,17,18). The summed E-state index contributed by atoms with van der Waals surface area (Å²) in [6.07, 6.45) is 0.886. The van der Waals surface area contributed by atoms with E-state index in [1.165, 1.54) is 0 Å². The first-order valence-corrected chi connectivity index (χ1v) is 6.50. The van der Waals surface area contributed by atoms with Crippen molar-refractivity contribution in [2.45, 2.75) is 51.4 Å². The van der Waals surface area contributed by atoms with E-state index in [1.807, 2.05) is 6.07 Å². The third-order valence-electron chi connectivity index (χ3n) is 3.52. The lowest BCUT2D eigenvalue weighted by molar-refractivity contribution is -0.0662. The first kappa shape index (κ1) is 13.9. The Kier molecular flexibility index (Phi) is 3.31. The SMILES string of the molecule is CC1(C)CC(Nc2cccc(C(=O)O)c2)C(C)(C)O1. The molecule has 0 aromatic heterocycles. The van der Waals surface area contributed by atoms with Crippen molar-refractivity contribution in [2.75, 3.05) is 5.32 Å². The number of aromatic carboxylic acids is 1. The van der Waals surface area contributed by atoms with Crippen LogP contribution in [0.15, 0.2) is 24.3 Å². The summed E-state index contributed by atoms with van der Waals surface area (Å²) in [5.74, 6) is -0.911. The molecule has 2 rings (SSSR count). The van der Waals surface area contributed by atoms with Crippen LogP contribution in [0, 0.1) is 0 Å². The van der Waals surface area contributed by atoms with Gasteiger partial charge in [-0.3, -0.25) is 0 Å². The average molecular weight is 263 g/mol. The first-order valence-electron chi connectivity index (χ1n) is 6.50. The molecule has 1 aromatic rings. The molecule has 104 valence electrons. The van der Waals surface area contributed by atoms with Gasteiger partial charge in [0.15, 0.2) is 0 Å². The van der Waals surface area contributed by atoms with Crippen molar-refractivity contribution in [1.82, 2.24) is 0 Å². The minimum atomic E-state index is -0.911. The number of rotatable bonds is 3. The van der Waals surface area contributed by atoms with Gasteiger partial charge in [-0.2, -0.15) is 0 Å². The van der Waals surface area contributed by atoms with E-state index in [4.69, 9.17) is 9.84 Å². The highest BCUT2D eigenvalue weighted by Crippen LogP contribution is 2.38. The van der Waals surface area contributed by atoms with E-state index in [-0.39, 0.29) is 17.2 Å². The molecule has 1 aliphatic rings. The molecule has 1 atom stereocenters. The van der Waals surface area contributed by atoms with Gasteiger partial charge in [-0.05, 0) is 52.3 Å². The van der Waals surface area contributed by atoms with Crippen LogP contribution in [0.2, 0.25) is 0 Å². The fourth-order valence-corrected chi connectivity index (χ4v) is 2.73. The van der Waals surface area contributed by atoms with Gasteiger partial charge in [0.05, 0.1) is 22.8 Å². The zero-order valence-electron chi connectivity index (χ0n) is 11.9. The quantitative estimate of drug-likeness (QED) is 0.879. The normalized spacial score (nSPS) is 24.1. The van der Waals surface area contributed by atoms with Crippen molar-refractivity contribution in [1.29, 1.82) is 0 Å². The summed E-state index contributed by atoms with van der Waals surface area (Å²) < 4.78 is 6.02. The maximum atomic E-state index is 11.0. The number of carboxylic acids is 1. The van der Waals surface area contributed by atoms with Crippen LogP contribution in [0.4, 0.5) is 5.69 Å². The van der Waals surface area contributed by atoms with Gasteiger partial charge >= 0.3 is 5.97 Å². The van der Waals surface area contributed by atoms with E-state index in [2.05, 4.69) is 33.0 Å². The number of carbonyl (C=O) groups is 1. The molecule has 0 saturated carbocycles. The molecule has 19 heavy (non-hydrogen) atoms. The highest BCUT2D eigenvalue weighted by atomic mass is 16.5. The van der Waals surface area contributed by atoms with Gasteiger partial charge in [-0.1, -0.05) is 6.07 Å². The largest absolute Gasteiger partial charge is 0.478 e. The van der Waals surface area contributed by atoms with Gasteiger partial charge in [-0.25, -0.2) is 4.79 Å². The number of ether oxygens (including phenoxy) is 1. The van der Waals surface area contributed by atoms with Gasteiger partial charge in [0.25, 0.3) is 0 Å². The second kappa shape index (κ2) is 4.53. The van der Waals surface area contributed by atoms with Crippen LogP contribution >= 0.6 is 0 Å². The Morgan fingerprint density at radius 2 is 2.05 bits per heavy atom. The number of anilines is 1. The third kappa shape index (κ3) is 3.07. The molecule has 1 unspecified atom stereocenters. The van der Waals surface area contributed by atoms with Gasteiger partial charge in [0.1, 0.15) is 0 Å². The molecular formula is C15H21NO3.